The van der Waals surface area contributed by atoms with Crippen molar-refractivity contribution in [2.24, 2.45) is 0 Å². The minimum atomic E-state index is -0.690. The molecule has 142 valence electrons. The quantitative estimate of drug-likeness (QED) is 0.697. The van der Waals surface area contributed by atoms with Crippen LogP contribution >= 0.6 is 0 Å². The summed E-state index contributed by atoms with van der Waals surface area (Å²) in [7, 11) is 0. The molecule has 0 aromatic heterocycles. The van der Waals surface area contributed by atoms with E-state index in [1.807, 2.05) is 37.3 Å². The van der Waals surface area contributed by atoms with Gasteiger partial charge >= 0.3 is 12.0 Å². The summed E-state index contributed by atoms with van der Waals surface area (Å²) in [6, 6.07) is 15.5. The molecule has 0 spiro atoms. The van der Waals surface area contributed by atoms with Gasteiger partial charge in [-0.05, 0) is 36.2 Å². The highest BCUT2D eigenvalue weighted by molar-refractivity contribution is 5.97. The first-order chi connectivity index (χ1) is 13.1. The van der Waals surface area contributed by atoms with E-state index in [-0.39, 0.29) is 0 Å². The topological polar surface area (TPSA) is 93.7 Å². The summed E-state index contributed by atoms with van der Waals surface area (Å²) < 4.78 is 10.5. The highest BCUT2D eigenvalue weighted by Crippen LogP contribution is 2.12. The fourth-order valence-corrected chi connectivity index (χ4v) is 2.08. The zero-order valence-electron chi connectivity index (χ0n) is 15.1. The molecule has 0 fully saturated rings. The average molecular weight is 370 g/mol. The van der Waals surface area contributed by atoms with Crippen LogP contribution in [0.15, 0.2) is 54.6 Å². The first-order valence-corrected chi connectivity index (χ1v) is 8.60. The molecule has 3 amide bonds. The largest absolute Gasteiger partial charge is 0.489 e. The number of ether oxygens (including phenoxy) is 2. The van der Waals surface area contributed by atoms with Crippen LogP contribution in [0.5, 0.6) is 5.75 Å². The average Bonchev–Trinajstić information content (AvgIpc) is 2.70. The van der Waals surface area contributed by atoms with Crippen LogP contribution in [0, 0.1) is 0 Å². The summed E-state index contributed by atoms with van der Waals surface area (Å²) in [5, 5.41) is 4.57. The molecule has 2 aromatic carbocycles. The SMILES string of the molecule is CCCNC(=O)NC(=O)COC(=O)c1ccc(COc2ccccc2)cc1. The third-order valence-electron chi connectivity index (χ3n) is 3.46. The lowest BCUT2D eigenvalue weighted by atomic mass is 10.1. The van der Waals surface area contributed by atoms with Gasteiger partial charge < -0.3 is 14.8 Å². The first-order valence-electron chi connectivity index (χ1n) is 8.60. The molecule has 0 bridgehead atoms. The van der Waals surface area contributed by atoms with Crippen LogP contribution in [0.2, 0.25) is 0 Å². The zero-order chi connectivity index (χ0) is 19.5. The van der Waals surface area contributed by atoms with Gasteiger partial charge in [-0.3, -0.25) is 10.1 Å². The van der Waals surface area contributed by atoms with Crippen LogP contribution < -0.4 is 15.4 Å². The van der Waals surface area contributed by atoms with E-state index in [2.05, 4.69) is 10.6 Å². The van der Waals surface area contributed by atoms with E-state index in [0.29, 0.717) is 18.7 Å². The molecule has 0 aliphatic heterocycles. The molecule has 0 heterocycles. The van der Waals surface area contributed by atoms with Crippen LogP contribution in [0.1, 0.15) is 29.3 Å². The Balaban J connectivity index is 1.76. The molecule has 0 unspecified atom stereocenters. The second-order valence-corrected chi connectivity index (χ2v) is 5.68. The summed E-state index contributed by atoms with van der Waals surface area (Å²) in [5.41, 5.74) is 1.20. The second kappa shape index (κ2) is 10.6. The molecule has 7 nitrogen and oxygen atoms in total. The number of imide groups is 1. The summed E-state index contributed by atoms with van der Waals surface area (Å²) in [6.45, 7) is 2.19. The molecule has 2 N–H and O–H groups in total. The monoisotopic (exact) mass is 370 g/mol. The Morgan fingerprint density at radius 1 is 0.963 bits per heavy atom. The number of carbonyl (C=O) groups is 3. The third kappa shape index (κ3) is 7.19. The fourth-order valence-electron chi connectivity index (χ4n) is 2.08. The Hall–Kier alpha value is -3.35. The van der Waals surface area contributed by atoms with Gasteiger partial charge in [0.2, 0.25) is 0 Å². The number of urea groups is 1. The Morgan fingerprint density at radius 3 is 2.33 bits per heavy atom. The summed E-state index contributed by atoms with van der Waals surface area (Å²) in [4.78, 5) is 34.9. The van der Waals surface area contributed by atoms with E-state index in [0.717, 1.165) is 17.7 Å². The van der Waals surface area contributed by atoms with Crippen molar-refractivity contribution < 1.29 is 23.9 Å². The zero-order valence-corrected chi connectivity index (χ0v) is 15.1. The van der Waals surface area contributed by atoms with E-state index in [1.165, 1.54) is 0 Å². The van der Waals surface area contributed by atoms with Crippen molar-refractivity contribution >= 4 is 17.9 Å². The van der Waals surface area contributed by atoms with Crippen molar-refractivity contribution in [1.82, 2.24) is 10.6 Å². The van der Waals surface area contributed by atoms with E-state index in [4.69, 9.17) is 9.47 Å². The van der Waals surface area contributed by atoms with E-state index in [1.54, 1.807) is 24.3 Å². The molecular weight excluding hydrogens is 348 g/mol. The van der Waals surface area contributed by atoms with Gasteiger partial charge in [0.1, 0.15) is 12.4 Å². The maximum absolute atomic E-state index is 12.0. The van der Waals surface area contributed by atoms with Crippen molar-refractivity contribution in [2.75, 3.05) is 13.2 Å². The van der Waals surface area contributed by atoms with Gasteiger partial charge in [-0.25, -0.2) is 9.59 Å². The normalized spacial score (nSPS) is 9.96. The Morgan fingerprint density at radius 2 is 1.67 bits per heavy atom. The van der Waals surface area contributed by atoms with Gasteiger partial charge in [0, 0.05) is 6.54 Å². The predicted octanol–water partition coefficient (Wildman–Crippen LogP) is 2.66. The highest BCUT2D eigenvalue weighted by Gasteiger charge is 2.12. The minimum Gasteiger partial charge on any atom is -0.489 e. The standard InChI is InChI=1S/C20H22N2O5/c1-2-12-21-20(25)22-18(23)14-27-19(24)16-10-8-15(9-11-16)13-26-17-6-4-3-5-7-17/h3-11H,2,12-14H2,1H3,(H2,21,22,23,25). The number of esters is 1. The molecule has 2 aromatic rings. The van der Waals surface area contributed by atoms with Crippen LogP contribution in [0.3, 0.4) is 0 Å². The molecule has 27 heavy (non-hydrogen) atoms. The number of rotatable bonds is 8. The lowest BCUT2D eigenvalue weighted by molar-refractivity contribution is -0.123. The van der Waals surface area contributed by atoms with Crippen molar-refractivity contribution in [3.8, 4) is 5.75 Å². The van der Waals surface area contributed by atoms with Gasteiger partial charge in [0.25, 0.3) is 5.91 Å². The maximum Gasteiger partial charge on any atom is 0.338 e. The van der Waals surface area contributed by atoms with Crippen molar-refractivity contribution in [2.45, 2.75) is 20.0 Å². The molecule has 0 aliphatic carbocycles. The van der Waals surface area contributed by atoms with Crippen LogP contribution in [0.25, 0.3) is 0 Å². The Kier molecular flexibility index (Phi) is 7.84. The molecule has 0 saturated heterocycles. The first kappa shape index (κ1) is 20.0. The number of benzene rings is 2. The smallest absolute Gasteiger partial charge is 0.338 e. The predicted molar refractivity (Wildman–Crippen MR) is 99.3 cm³/mol. The van der Waals surface area contributed by atoms with Crippen molar-refractivity contribution in [1.29, 1.82) is 0 Å². The molecule has 2 rings (SSSR count). The van der Waals surface area contributed by atoms with Crippen LogP contribution in [0.4, 0.5) is 4.79 Å². The van der Waals surface area contributed by atoms with Gasteiger partial charge in [-0.15, -0.1) is 0 Å². The van der Waals surface area contributed by atoms with E-state index >= 15 is 0 Å². The van der Waals surface area contributed by atoms with Crippen molar-refractivity contribution in [3.05, 3.63) is 65.7 Å². The number of hydrogen-bond acceptors (Lipinski definition) is 5. The minimum absolute atomic E-state index is 0.307. The summed E-state index contributed by atoms with van der Waals surface area (Å²) >= 11 is 0. The third-order valence-corrected chi connectivity index (χ3v) is 3.46. The molecule has 0 saturated carbocycles. The molecule has 0 atom stereocenters. The molecule has 0 radical (unpaired) electrons. The van der Waals surface area contributed by atoms with Gasteiger partial charge in [0.15, 0.2) is 6.61 Å². The number of nitrogens with one attached hydrogen (secondary N) is 2. The summed E-state index contributed by atoms with van der Waals surface area (Å²) in [6.07, 6.45) is 0.753. The molecule has 7 heteroatoms. The lowest BCUT2D eigenvalue weighted by Crippen LogP contribution is -2.41. The van der Waals surface area contributed by atoms with Gasteiger partial charge in [-0.1, -0.05) is 37.3 Å². The van der Waals surface area contributed by atoms with Gasteiger partial charge in [0.05, 0.1) is 5.56 Å². The Labute approximate surface area is 157 Å². The van der Waals surface area contributed by atoms with Crippen molar-refractivity contribution in [3.63, 3.8) is 0 Å². The summed E-state index contributed by atoms with van der Waals surface area (Å²) in [5.74, 6) is -0.575. The van der Waals surface area contributed by atoms with Crippen LogP contribution in [-0.4, -0.2) is 31.1 Å². The molecular formula is C20H22N2O5. The Bertz CT molecular complexity index is 760. The van der Waals surface area contributed by atoms with Crippen LogP contribution in [-0.2, 0) is 16.1 Å². The number of carbonyl (C=O) groups excluding carboxylic acids is 3. The van der Waals surface area contributed by atoms with E-state index < -0.39 is 24.5 Å². The van der Waals surface area contributed by atoms with Gasteiger partial charge in [-0.2, -0.15) is 0 Å². The highest BCUT2D eigenvalue weighted by atomic mass is 16.5. The fraction of sp³-hybridized carbons (Fsp3) is 0.250. The maximum atomic E-state index is 12.0. The number of hydrogen-bond donors (Lipinski definition) is 2. The molecule has 0 aliphatic rings. The lowest BCUT2D eigenvalue weighted by Gasteiger charge is -2.08. The van der Waals surface area contributed by atoms with E-state index in [9.17, 15) is 14.4 Å². The second-order valence-electron chi connectivity index (χ2n) is 5.68. The number of amides is 3. The number of para-hydroxylation sites is 1.